The Labute approximate surface area is 28.7 Å². The lowest BCUT2D eigenvalue weighted by Gasteiger charge is -1.51. The third-order valence-electron chi connectivity index (χ3n) is 0.418. The van der Waals surface area contributed by atoms with Crippen molar-refractivity contribution in [1.29, 1.82) is 0 Å². The van der Waals surface area contributed by atoms with Crippen LogP contribution in [0.1, 0.15) is 0 Å². The Hall–Kier alpha value is -0.570. The van der Waals surface area contributed by atoms with Crippen molar-refractivity contribution in [3.8, 4) is 0 Å². The molecule has 0 aromatic rings. The first-order chi connectivity index (χ1) is 2.30. The lowest BCUT2D eigenvalue weighted by molar-refractivity contribution is -0.117. The third kappa shape index (κ3) is 0.238. The highest BCUT2D eigenvalue weighted by atomic mass is 16.7. The number of carbonyl (C=O) groups excluding carboxylic acids is 1. The summed E-state index contributed by atoms with van der Waals surface area (Å²) in [5, 5.41) is 0. The summed E-state index contributed by atoms with van der Waals surface area (Å²) in [6, 6.07) is 0. The van der Waals surface area contributed by atoms with E-state index >= 15 is 0 Å². The van der Waals surface area contributed by atoms with Crippen molar-refractivity contribution in [1.82, 2.24) is 0 Å². The zero-order chi connectivity index (χ0) is 3.86. The van der Waals surface area contributed by atoms with Gasteiger partial charge in [0.2, 0.25) is 6.23 Å². The number of carbonyl (C=O) groups is 1. The summed E-state index contributed by atoms with van der Waals surface area (Å²) >= 11 is 0. The van der Waals surface area contributed by atoms with Gasteiger partial charge in [-0.25, -0.2) is 4.79 Å². The molecule has 0 radical (unpaired) electrons. The predicted molar refractivity (Wildman–Crippen MR) is 14.1 cm³/mol. The van der Waals surface area contributed by atoms with E-state index in [2.05, 4.69) is 4.74 Å². The largest absolute Gasteiger partial charge is 0.431 e. The van der Waals surface area contributed by atoms with Crippen LogP contribution >= 0.6 is 0 Å². The molecule has 3 nitrogen and oxygen atoms in total. The van der Waals surface area contributed by atoms with E-state index < -0.39 is 6.23 Å². The van der Waals surface area contributed by atoms with E-state index in [0.29, 0.717) is 0 Å². The molecule has 1 fully saturated rings. The van der Waals surface area contributed by atoms with Gasteiger partial charge < -0.3 is 4.74 Å². The minimum atomic E-state index is -0.588. The molecule has 28 valence electrons. The fourth-order valence-corrected chi connectivity index (χ4v) is 0.0911. The average molecular weight is 73.1 g/mol. The fourth-order valence-electron chi connectivity index (χ4n) is 0.0911. The molecule has 1 unspecified atom stereocenters. The summed E-state index contributed by atoms with van der Waals surface area (Å²) in [6.45, 7) is 0. The van der Waals surface area contributed by atoms with E-state index in [-0.39, 0.29) is 5.97 Å². The number of hydrogen-bond donors (Lipinski definition) is 1. The SMILES string of the molecule is NC1OC1=O. The molecule has 1 aliphatic heterocycles. The van der Waals surface area contributed by atoms with E-state index in [1.54, 1.807) is 0 Å². The smallest absolute Gasteiger partial charge is 0.365 e. The van der Waals surface area contributed by atoms with Crippen molar-refractivity contribution < 1.29 is 9.53 Å². The van der Waals surface area contributed by atoms with Crippen molar-refractivity contribution in [2.45, 2.75) is 6.23 Å². The first-order valence-corrected chi connectivity index (χ1v) is 1.27. The molecule has 0 aliphatic carbocycles. The molecule has 1 aliphatic rings. The highest BCUT2D eigenvalue weighted by Crippen LogP contribution is 2.01. The molecule has 0 amide bonds. The van der Waals surface area contributed by atoms with Gasteiger partial charge in [0.15, 0.2) is 0 Å². The molecule has 0 aromatic carbocycles. The molecule has 0 bridgehead atoms. The van der Waals surface area contributed by atoms with Gasteiger partial charge in [0, 0.05) is 0 Å². The van der Waals surface area contributed by atoms with Crippen LogP contribution in [0.15, 0.2) is 0 Å². The zero-order valence-electron chi connectivity index (χ0n) is 2.47. The summed E-state index contributed by atoms with van der Waals surface area (Å²) in [5.41, 5.74) is 4.79. The van der Waals surface area contributed by atoms with Gasteiger partial charge in [-0.05, 0) is 0 Å². The van der Waals surface area contributed by atoms with Gasteiger partial charge in [-0.15, -0.1) is 0 Å². The normalized spacial score (nSPS) is 33.0. The lowest BCUT2D eigenvalue weighted by Crippen LogP contribution is -2.00. The molecule has 2 N–H and O–H groups in total. The van der Waals surface area contributed by atoms with E-state index in [0.717, 1.165) is 0 Å². The van der Waals surface area contributed by atoms with Crippen LogP contribution < -0.4 is 5.73 Å². The number of epoxide rings is 1. The molecule has 3 heteroatoms. The second-order valence-corrected chi connectivity index (χ2v) is 0.857. The van der Waals surface area contributed by atoms with Crippen LogP contribution in [0.4, 0.5) is 0 Å². The highest BCUT2D eigenvalue weighted by molar-refractivity contribution is 5.86. The van der Waals surface area contributed by atoms with Crippen LogP contribution in [0.3, 0.4) is 0 Å². The van der Waals surface area contributed by atoms with Gasteiger partial charge in [-0.2, -0.15) is 0 Å². The number of cyclic esters (lactones) is 1. The van der Waals surface area contributed by atoms with E-state index in [1.807, 2.05) is 0 Å². The van der Waals surface area contributed by atoms with Crippen LogP contribution in [0, 0.1) is 0 Å². The first kappa shape index (κ1) is 2.66. The molecule has 1 atom stereocenters. The Kier molecular flexibility index (Phi) is 0.260. The van der Waals surface area contributed by atoms with Crippen molar-refractivity contribution in [3.63, 3.8) is 0 Å². The Balaban J connectivity index is 2.47. The van der Waals surface area contributed by atoms with Crippen LogP contribution in [0.25, 0.3) is 0 Å². The number of rotatable bonds is 0. The summed E-state index contributed by atoms with van der Waals surface area (Å²) in [5.74, 6) is -0.301. The molecule has 1 saturated heterocycles. The molecule has 5 heavy (non-hydrogen) atoms. The summed E-state index contributed by atoms with van der Waals surface area (Å²) in [7, 11) is 0. The van der Waals surface area contributed by atoms with Crippen LogP contribution in [0.2, 0.25) is 0 Å². The van der Waals surface area contributed by atoms with Gasteiger partial charge in [-0.3, -0.25) is 5.73 Å². The molecule has 1 rings (SSSR count). The highest BCUT2D eigenvalue weighted by Gasteiger charge is 2.32. The van der Waals surface area contributed by atoms with Crippen LogP contribution in [0.5, 0.6) is 0 Å². The Morgan fingerprint density at radius 1 is 2.00 bits per heavy atom. The first-order valence-electron chi connectivity index (χ1n) is 1.27. The maximum atomic E-state index is 9.54. The number of nitrogens with two attached hydrogens (primary N) is 1. The zero-order valence-corrected chi connectivity index (χ0v) is 2.47. The average Bonchev–Trinajstić information content (AvgIpc) is 1.79. The van der Waals surface area contributed by atoms with Crippen LogP contribution in [-0.4, -0.2) is 12.2 Å². The fraction of sp³-hybridized carbons (Fsp3) is 0.500. The van der Waals surface area contributed by atoms with Gasteiger partial charge in [0.05, 0.1) is 0 Å². The van der Waals surface area contributed by atoms with Gasteiger partial charge in [-0.1, -0.05) is 0 Å². The Bertz CT molecular complexity index is 70.0. The maximum Gasteiger partial charge on any atom is 0.365 e. The van der Waals surface area contributed by atoms with E-state index in [1.165, 1.54) is 0 Å². The van der Waals surface area contributed by atoms with Crippen molar-refractivity contribution in [2.75, 3.05) is 0 Å². The second-order valence-electron chi connectivity index (χ2n) is 0.857. The maximum absolute atomic E-state index is 9.54. The minimum Gasteiger partial charge on any atom is -0.431 e. The van der Waals surface area contributed by atoms with Crippen molar-refractivity contribution >= 4 is 5.97 Å². The monoisotopic (exact) mass is 73.0 g/mol. The van der Waals surface area contributed by atoms with Crippen LogP contribution in [-0.2, 0) is 9.53 Å². The van der Waals surface area contributed by atoms with E-state index in [9.17, 15) is 4.79 Å². The lowest BCUT2D eigenvalue weighted by atomic mass is 10.8. The summed E-state index contributed by atoms with van der Waals surface area (Å²) < 4.78 is 4.06. The summed E-state index contributed by atoms with van der Waals surface area (Å²) in [6.07, 6.45) is -0.588. The predicted octanol–water partition coefficient (Wildman–Crippen LogP) is -1.17. The molecular formula is C2H3NO2. The number of hydrogen-bond acceptors (Lipinski definition) is 3. The Morgan fingerprint density at radius 3 is 2.20 bits per heavy atom. The quantitative estimate of drug-likeness (QED) is 0.367. The molecular weight excluding hydrogens is 70.0 g/mol. The molecule has 0 aromatic heterocycles. The Morgan fingerprint density at radius 2 is 2.20 bits per heavy atom. The van der Waals surface area contributed by atoms with Gasteiger partial charge >= 0.3 is 5.97 Å². The van der Waals surface area contributed by atoms with Gasteiger partial charge in [0.25, 0.3) is 0 Å². The molecule has 1 heterocycles. The van der Waals surface area contributed by atoms with Gasteiger partial charge in [0.1, 0.15) is 0 Å². The van der Waals surface area contributed by atoms with E-state index in [4.69, 9.17) is 5.73 Å². The minimum absolute atomic E-state index is 0.301. The van der Waals surface area contributed by atoms with Crippen molar-refractivity contribution in [2.24, 2.45) is 5.73 Å². The second kappa shape index (κ2) is 0.490. The summed E-state index contributed by atoms with van der Waals surface area (Å²) in [4.78, 5) is 9.54. The standard InChI is InChI=1S/C2H3NO2/c3-1-2(4)5-1/h1H,3H2. The van der Waals surface area contributed by atoms with Crippen molar-refractivity contribution in [3.05, 3.63) is 0 Å². The number of ether oxygens (including phenoxy) is 1. The molecule has 0 saturated carbocycles. The topological polar surface area (TPSA) is 55.6 Å². The molecule has 0 spiro atoms. The third-order valence-corrected chi connectivity index (χ3v) is 0.418.